The predicted molar refractivity (Wildman–Crippen MR) is 77.5 cm³/mol. The number of likely N-dealkylation sites (tertiary alicyclic amines) is 1. The molecule has 3 rings (SSSR count). The van der Waals surface area contributed by atoms with Gasteiger partial charge in [0.2, 0.25) is 0 Å². The highest BCUT2D eigenvalue weighted by atomic mass is 19.1. The summed E-state index contributed by atoms with van der Waals surface area (Å²) in [5.41, 5.74) is 1.44. The molecule has 0 radical (unpaired) electrons. The van der Waals surface area contributed by atoms with Gasteiger partial charge in [-0.15, -0.1) is 0 Å². The minimum Gasteiger partial charge on any atom is -0.338 e. The van der Waals surface area contributed by atoms with Gasteiger partial charge >= 0.3 is 0 Å². The molecule has 0 aliphatic carbocycles. The zero-order valence-corrected chi connectivity index (χ0v) is 12.0. The zero-order chi connectivity index (χ0) is 14.8. The van der Waals surface area contributed by atoms with Gasteiger partial charge in [-0.25, -0.2) is 4.39 Å². The molecule has 0 N–H and O–H groups in total. The van der Waals surface area contributed by atoms with E-state index in [1.54, 1.807) is 21.7 Å². The van der Waals surface area contributed by atoms with Crippen molar-refractivity contribution in [1.29, 1.82) is 0 Å². The normalized spacial score (nSPS) is 18.8. The van der Waals surface area contributed by atoms with Crippen molar-refractivity contribution in [3.8, 4) is 0 Å². The average Bonchev–Trinajstić information content (AvgIpc) is 2.93. The van der Waals surface area contributed by atoms with Crippen LogP contribution < -0.4 is 0 Å². The van der Waals surface area contributed by atoms with E-state index in [9.17, 15) is 9.18 Å². The predicted octanol–water partition coefficient (Wildman–Crippen LogP) is 2.58. The number of hydrogen-bond donors (Lipinski definition) is 0. The Morgan fingerprint density at radius 1 is 1.38 bits per heavy atom. The van der Waals surface area contributed by atoms with Gasteiger partial charge in [-0.05, 0) is 37.1 Å². The number of rotatable bonds is 2. The minimum absolute atomic E-state index is 0.102. The summed E-state index contributed by atoms with van der Waals surface area (Å²) in [5, 5.41) is 4.43. The summed E-state index contributed by atoms with van der Waals surface area (Å²) in [7, 11) is 1.89. The lowest BCUT2D eigenvalue weighted by atomic mass is 9.94. The standard InChI is InChI=1S/C16H18FN3O/c1-19-9-7-15(18-19)13-5-3-8-20(11-13)16(21)12-4-2-6-14(17)10-12/h2,4,6-7,9-10,13H,3,5,8,11H2,1H3/t13-/m0/s1. The summed E-state index contributed by atoms with van der Waals surface area (Å²) < 4.78 is 15.0. The molecule has 1 saturated heterocycles. The molecular formula is C16H18FN3O. The second-order valence-electron chi connectivity index (χ2n) is 5.51. The van der Waals surface area contributed by atoms with Crippen LogP contribution in [0.25, 0.3) is 0 Å². The molecule has 1 aliphatic heterocycles. The van der Waals surface area contributed by atoms with E-state index in [2.05, 4.69) is 5.10 Å². The second kappa shape index (κ2) is 5.68. The summed E-state index contributed by atoms with van der Waals surface area (Å²) in [5.74, 6) is -0.216. The van der Waals surface area contributed by atoms with Crippen LogP contribution in [0.3, 0.4) is 0 Å². The number of nitrogens with zero attached hydrogens (tertiary/aromatic N) is 3. The van der Waals surface area contributed by atoms with E-state index in [4.69, 9.17) is 0 Å². The Bertz CT molecular complexity index is 652. The van der Waals surface area contributed by atoms with Crippen molar-refractivity contribution in [3.63, 3.8) is 0 Å². The maximum absolute atomic E-state index is 13.3. The largest absolute Gasteiger partial charge is 0.338 e. The van der Waals surface area contributed by atoms with Crippen LogP contribution in [0.1, 0.15) is 34.8 Å². The lowest BCUT2D eigenvalue weighted by Gasteiger charge is -2.32. The molecule has 4 nitrogen and oxygen atoms in total. The van der Waals surface area contributed by atoms with Crippen LogP contribution >= 0.6 is 0 Å². The number of aryl methyl sites for hydroxylation is 1. The van der Waals surface area contributed by atoms with Gasteiger partial charge in [0.1, 0.15) is 5.82 Å². The van der Waals surface area contributed by atoms with Gasteiger partial charge in [-0.1, -0.05) is 6.07 Å². The van der Waals surface area contributed by atoms with Gasteiger partial charge in [0.15, 0.2) is 0 Å². The highest BCUT2D eigenvalue weighted by Gasteiger charge is 2.26. The van der Waals surface area contributed by atoms with Gasteiger partial charge in [-0.3, -0.25) is 9.48 Å². The van der Waals surface area contributed by atoms with Gasteiger partial charge in [0, 0.05) is 37.8 Å². The summed E-state index contributed by atoms with van der Waals surface area (Å²) >= 11 is 0. The van der Waals surface area contributed by atoms with Crippen LogP contribution in [0, 0.1) is 5.82 Å². The van der Waals surface area contributed by atoms with E-state index in [0.717, 1.165) is 25.1 Å². The lowest BCUT2D eigenvalue weighted by molar-refractivity contribution is 0.0705. The third kappa shape index (κ3) is 2.96. The van der Waals surface area contributed by atoms with Crippen molar-refractivity contribution < 1.29 is 9.18 Å². The molecular weight excluding hydrogens is 269 g/mol. The van der Waals surface area contributed by atoms with E-state index in [0.29, 0.717) is 12.1 Å². The van der Waals surface area contributed by atoms with Crippen LogP contribution in [0.15, 0.2) is 36.5 Å². The number of carbonyl (C=O) groups excluding carboxylic acids is 1. The molecule has 110 valence electrons. The zero-order valence-electron chi connectivity index (χ0n) is 12.0. The first-order valence-electron chi connectivity index (χ1n) is 7.18. The van der Waals surface area contributed by atoms with Crippen LogP contribution in [-0.2, 0) is 7.05 Å². The van der Waals surface area contributed by atoms with Gasteiger partial charge in [0.25, 0.3) is 5.91 Å². The van der Waals surface area contributed by atoms with Crippen molar-refractivity contribution in [2.45, 2.75) is 18.8 Å². The average molecular weight is 287 g/mol. The molecule has 2 heterocycles. The molecule has 0 saturated carbocycles. The molecule has 0 unspecified atom stereocenters. The van der Waals surface area contributed by atoms with Crippen LogP contribution in [0.2, 0.25) is 0 Å². The fourth-order valence-electron chi connectivity index (χ4n) is 2.86. The van der Waals surface area contributed by atoms with Crippen LogP contribution in [-0.4, -0.2) is 33.7 Å². The Morgan fingerprint density at radius 3 is 2.95 bits per heavy atom. The SMILES string of the molecule is Cn1ccc([C@H]2CCCN(C(=O)c3cccc(F)c3)C2)n1. The van der Waals surface area contributed by atoms with E-state index in [-0.39, 0.29) is 17.6 Å². The molecule has 1 aromatic carbocycles. The number of aromatic nitrogens is 2. The highest BCUT2D eigenvalue weighted by molar-refractivity contribution is 5.94. The monoisotopic (exact) mass is 287 g/mol. The number of piperidine rings is 1. The Kier molecular flexibility index (Phi) is 3.73. The number of benzene rings is 1. The quantitative estimate of drug-likeness (QED) is 0.851. The molecule has 1 fully saturated rings. The number of amides is 1. The van der Waals surface area contributed by atoms with E-state index >= 15 is 0 Å². The van der Waals surface area contributed by atoms with Crippen LogP contribution in [0.4, 0.5) is 4.39 Å². The smallest absolute Gasteiger partial charge is 0.253 e. The summed E-state index contributed by atoms with van der Waals surface area (Å²) in [4.78, 5) is 14.3. The molecule has 1 aliphatic rings. The first-order valence-corrected chi connectivity index (χ1v) is 7.18. The van der Waals surface area contributed by atoms with Crippen molar-refractivity contribution in [3.05, 3.63) is 53.6 Å². The Balaban J connectivity index is 1.75. The third-order valence-electron chi connectivity index (χ3n) is 3.93. The molecule has 0 spiro atoms. The van der Waals surface area contributed by atoms with Crippen molar-refractivity contribution >= 4 is 5.91 Å². The molecule has 1 aromatic heterocycles. The maximum Gasteiger partial charge on any atom is 0.253 e. The van der Waals surface area contributed by atoms with E-state index in [1.807, 2.05) is 19.3 Å². The summed E-state index contributed by atoms with van der Waals surface area (Å²) in [6.45, 7) is 1.37. The lowest BCUT2D eigenvalue weighted by Crippen LogP contribution is -2.39. The van der Waals surface area contributed by atoms with Crippen molar-refractivity contribution in [1.82, 2.24) is 14.7 Å². The fraction of sp³-hybridized carbons (Fsp3) is 0.375. The van der Waals surface area contributed by atoms with E-state index < -0.39 is 0 Å². The molecule has 1 amide bonds. The first kappa shape index (κ1) is 13.8. The van der Waals surface area contributed by atoms with Gasteiger partial charge < -0.3 is 4.90 Å². The van der Waals surface area contributed by atoms with Crippen molar-refractivity contribution in [2.75, 3.05) is 13.1 Å². The summed E-state index contributed by atoms with van der Waals surface area (Å²) in [6, 6.07) is 7.88. The topological polar surface area (TPSA) is 38.1 Å². The fourth-order valence-corrected chi connectivity index (χ4v) is 2.86. The molecule has 2 aromatic rings. The summed E-state index contributed by atoms with van der Waals surface area (Å²) in [6.07, 6.45) is 3.90. The van der Waals surface area contributed by atoms with Crippen LogP contribution in [0.5, 0.6) is 0 Å². The highest BCUT2D eigenvalue weighted by Crippen LogP contribution is 2.26. The first-order chi connectivity index (χ1) is 10.1. The Hall–Kier alpha value is -2.17. The molecule has 1 atom stereocenters. The number of hydrogen-bond acceptors (Lipinski definition) is 2. The Morgan fingerprint density at radius 2 is 2.24 bits per heavy atom. The molecule has 21 heavy (non-hydrogen) atoms. The Labute approximate surface area is 123 Å². The number of halogens is 1. The minimum atomic E-state index is -0.376. The number of carbonyl (C=O) groups is 1. The molecule has 5 heteroatoms. The molecule has 0 bridgehead atoms. The maximum atomic E-state index is 13.3. The van der Waals surface area contributed by atoms with Gasteiger partial charge in [-0.2, -0.15) is 5.10 Å². The van der Waals surface area contributed by atoms with Gasteiger partial charge in [0.05, 0.1) is 5.69 Å². The van der Waals surface area contributed by atoms with E-state index in [1.165, 1.54) is 12.1 Å². The second-order valence-corrected chi connectivity index (χ2v) is 5.51. The van der Waals surface area contributed by atoms with Crippen molar-refractivity contribution in [2.24, 2.45) is 7.05 Å². The third-order valence-corrected chi connectivity index (χ3v) is 3.93.